The first-order chi connectivity index (χ1) is 6.18. The van der Waals surface area contributed by atoms with Crippen LogP contribution in [0, 0.1) is 0 Å². The Balaban J connectivity index is 2.84. The SMILES string of the molecule is O=C(O)c1cc(Br)nc2cccn12. The predicted octanol–water partition coefficient (Wildman–Crippen LogP) is 1.79. The highest BCUT2D eigenvalue weighted by atomic mass is 79.9. The van der Waals surface area contributed by atoms with Crippen molar-refractivity contribution in [3.8, 4) is 0 Å². The molecule has 0 radical (unpaired) electrons. The van der Waals surface area contributed by atoms with E-state index in [9.17, 15) is 4.79 Å². The average molecular weight is 241 g/mol. The molecular formula is C8H5BrN2O2. The molecule has 0 spiro atoms. The van der Waals surface area contributed by atoms with Crippen LogP contribution in [0.4, 0.5) is 0 Å². The van der Waals surface area contributed by atoms with Gasteiger partial charge in [-0.05, 0) is 28.1 Å². The molecule has 0 aliphatic rings. The Hall–Kier alpha value is -1.36. The van der Waals surface area contributed by atoms with E-state index in [0.29, 0.717) is 10.3 Å². The average Bonchev–Trinajstić information content (AvgIpc) is 2.49. The second-order valence-electron chi connectivity index (χ2n) is 2.51. The highest BCUT2D eigenvalue weighted by molar-refractivity contribution is 9.10. The van der Waals surface area contributed by atoms with Crippen molar-refractivity contribution >= 4 is 27.5 Å². The standard InChI is InChI=1S/C8H5BrN2O2/c9-6-4-5(8(12)13)11-3-1-2-7(11)10-6/h1-4H,(H,12,13). The van der Waals surface area contributed by atoms with E-state index in [-0.39, 0.29) is 5.69 Å². The Kier molecular flexibility index (Phi) is 1.81. The Morgan fingerprint density at radius 3 is 3.08 bits per heavy atom. The lowest BCUT2D eigenvalue weighted by Crippen LogP contribution is -2.05. The minimum Gasteiger partial charge on any atom is -0.477 e. The Morgan fingerprint density at radius 1 is 1.62 bits per heavy atom. The van der Waals surface area contributed by atoms with Gasteiger partial charge in [0.2, 0.25) is 0 Å². The summed E-state index contributed by atoms with van der Waals surface area (Å²) in [7, 11) is 0. The maximum Gasteiger partial charge on any atom is 0.353 e. The fourth-order valence-corrected chi connectivity index (χ4v) is 1.55. The Labute approximate surface area is 82.0 Å². The summed E-state index contributed by atoms with van der Waals surface area (Å²) in [5, 5.41) is 8.86. The van der Waals surface area contributed by atoms with Crippen LogP contribution in [0.25, 0.3) is 5.65 Å². The molecule has 0 fully saturated rings. The van der Waals surface area contributed by atoms with E-state index in [1.165, 1.54) is 10.5 Å². The molecule has 4 nitrogen and oxygen atoms in total. The molecule has 0 unspecified atom stereocenters. The van der Waals surface area contributed by atoms with Crippen molar-refractivity contribution in [2.24, 2.45) is 0 Å². The fraction of sp³-hybridized carbons (Fsp3) is 0. The number of carboxylic acids is 1. The van der Waals surface area contributed by atoms with Gasteiger partial charge in [-0.1, -0.05) is 0 Å². The molecule has 5 heteroatoms. The van der Waals surface area contributed by atoms with E-state index >= 15 is 0 Å². The van der Waals surface area contributed by atoms with Crippen LogP contribution < -0.4 is 0 Å². The quantitative estimate of drug-likeness (QED) is 0.774. The molecule has 0 aliphatic heterocycles. The zero-order chi connectivity index (χ0) is 9.42. The molecule has 0 saturated heterocycles. The largest absolute Gasteiger partial charge is 0.477 e. The van der Waals surface area contributed by atoms with Gasteiger partial charge in [0.1, 0.15) is 15.9 Å². The van der Waals surface area contributed by atoms with Gasteiger partial charge in [-0.25, -0.2) is 9.78 Å². The number of aromatic carboxylic acids is 1. The summed E-state index contributed by atoms with van der Waals surface area (Å²) in [4.78, 5) is 14.9. The first-order valence-corrected chi connectivity index (χ1v) is 4.35. The summed E-state index contributed by atoms with van der Waals surface area (Å²) in [6.45, 7) is 0. The maximum atomic E-state index is 10.8. The molecule has 0 aliphatic carbocycles. The zero-order valence-corrected chi connectivity index (χ0v) is 8.02. The highest BCUT2D eigenvalue weighted by Gasteiger charge is 2.09. The van der Waals surface area contributed by atoms with Crippen LogP contribution in [0.5, 0.6) is 0 Å². The third kappa shape index (κ3) is 1.31. The first kappa shape index (κ1) is 8.25. The van der Waals surface area contributed by atoms with Crippen LogP contribution in [0.15, 0.2) is 29.0 Å². The summed E-state index contributed by atoms with van der Waals surface area (Å²) in [6.07, 6.45) is 1.66. The van der Waals surface area contributed by atoms with E-state index in [1.54, 1.807) is 18.3 Å². The number of halogens is 1. The molecule has 66 valence electrons. The van der Waals surface area contributed by atoms with E-state index in [1.807, 2.05) is 0 Å². The van der Waals surface area contributed by atoms with Gasteiger partial charge in [0.15, 0.2) is 0 Å². The number of carbonyl (C=O) groups is 1. The molecule has 0 saturated carbocycles. The summed E-state index contributed by atoms with van der Waals surface area (Å²) < 4.78 is 2.05. The van der Waals surface area contributed by atoms with Crippen LogP contribution in [-0.4, -0.2) is 20.5 Å². The summed E-state index contributed by atoms with van der Waals surface area (Å²) in [5.74, 6) is -0.968. The van der Waals surface area contributed by atoms with Gasteiger partial charge in [0.25, 0.3) is 0 Å². The van der Waals surface area contributed by atoms with Gasteiger partial charge in [-0.3, -0.25) is 4.40 Å². The predicted molar refractivity (Wildman–Crippen MR) is 49.9 cm³/mol. The monoisotopic (exact) mass is 240 g/mol. The van der Waals surface area contributed by atoms with Gasteiger partial charge < -0.3 is 5.11 Å². The van der Waals surface area contributed by atoms with E-state index in [2.05, 4.69) is 20.9 Å². The second-order valence-corrected chi connectivity index (χ2v) is 3.32. The number of aromatic nitrogens is 2. The minimum atomic E-state index is -0.968. The third-order valence-electron chi connectivity index (χ3n) is 1.68. The van der Waals surface area contributed by atoms with Crippen LogP contribution >= 0.6 is 15.9 Å². The van der Waals surface area contributed by atoms with Crippen molar-refractivity contribution in [2.45, 2.75) is 0 Å². The van der Waals surface area contributed by atoms with Crippen LogP contribution in [0.1, 0.15) is 10.5 Å². The van der Waals surface area contributed by atoms with Crippen LogP contribution in [-0.2, 0) is 0 Å². The van der Waals surface area contributed by atoms with E-state index in [4.69, 9.17) is 5.11 Å². The summed E-state index contributed by atoms with van der Waals surface area (Å²) in [6, 6.07) is 4.97. The number of nitrogens with zero attached hydrogens (tertiary/aromatic N) is 2. The van der Waals surface area contributed by atoms with Crippen molar-refractivity contribution in [1.29, 1.82) is 0 Å². The van der Waals surface area contributed by atoms with Crippen molar-refractivity contribution in [3.63, 3.8) is 0 Å². The molecule has 1 N–H and O–H groups in total. The van der Waals surface area contributed by atoms with Crippen LogP contribution in [0.2, 0.25) is 0 Å². The number of hydrogen-bond acceptors (Lipinski definition) is 2. The van der Waals surface area contributed by atoms with Gasteiger partial charge in [-0.2, -0.15) is 0 Å². The molecule has 0 aromatic carbocycles. The van der Waals surface area contributed by atoms with Gasteiger partial charge in [-0.15, -0.1) is 0 Å². The lowest BCUT2D eigenvalue weighted by molar-refractivity contribution is 0.0688. The molecule has 2 rings (SSSR count). The first-order valence-electron chi connectivity index (χ1n) is 3.55. The van der Waals surface area contributed by atoms with Crippen molar-refractivity contribution in [1.82, 2.24) is 9.38 Å². The van der Waals surface area contributed by atoms with Crippen LogP contribution in [0.3, 0.4) is 0 Å². The molecule has 2 aromatic heterocycles. The van der Waals surface area contributed by atoms with Gasteiger partial charge in [0.05, 0.1) is 0 Å². The van der Waals surface area contributed by atoms with E-state index < -0.39 is 5.97 Å². The Bertz CT molecular complexity index is 478. The maximum absolute atomic E-state index is 10.8. The lowest BCUT2D eigenvalue weighted by atomic mass is 10.4. The van der Waals surface area contributed by atoms with Crippen molar-refractivity contribution in [2.75, 3.05) is 0 Å². The van der Waals surface area contributed by atoms with Crippen molar-refractivity contribution in [3.05, 3.63) is 34.7 Å². The molecule has 0 amide bonds. The minimum absolute atomic E-state index is 0.196. The number of carboxylic acid groups (broad SMARTS) is 1. The topological polar surface area (TPSA) is 54.6 Å². The second kappa shape index (κ2) is 2.85. The highest BCUT2D eigenvalue weighted by Crippen LogP contribution is 2.13. The lowest BCUT2D eigenvalue weighted by Gasteiger charge is -2.00. The molecule has 0 bridgehead atoms. The molecule has 2 aromatic rings. The molecule has 13 heavy (non-hydrogen) atoms. The number of rotatable bonds is 1. The summed E-state index contributed by atoms with van der Waals surface area (Å²) in [5.41, 5.74) is 0.814. The molecule has 2 heterocycles. The smallest absolute Gasteiger partial charge is 0.353 e. The molecule has 0 atom stereocenters. The third-order valence-corrected chi connectivity index (χ3v) is 2.09. The van der Waals surface area contributed by atoms with Crippen molar-refractivity contribution < 1.29 is 9.90 Å². The van der Waals surface area contributed by atoms with E-state index in [0.717, 1.165) is 0 Å². The number of fused-ring (bicyclic) bond motifs is 1. The Morgan fingerprint density at radius 2 is 2.38 bits per heavy atom. The fourth-order valence-electron chi connectivity index (χ4n) is 1.16. The normalized spacial score (nSPS) is 10.5. The summed E-state index contributed by atoms with van der Waals surface area (Å²) >= 11 is 3.15. The molecular weight excluding hydrogens is 236 g/mol. The zero-order valence-electron chi connectivity index (χ0n) is 6.44. The van der Waals surface area contributed by atoms with Gasteiger partial charge in [0, 0.05) is 12.3 Å². The van der Waals surface area contributed by atoms with Gasteiger partial charge >= 0.3 is 5.97 Å². The number of hydrogen-bond donors (Lipinski definition) is 1.